The Kier molecular flexibility index (Phi) is 4.83. The highest BCUT2D eigenvalue weighted by Gasteiger charge is 2.17. The van der Waals surface area contributed by atoms with E-state index in [0.717, 1.165) is 5.56 Å². The lowest BCUT2D eigenvalue weighted by Crippen LogP contribution is -2.10. The van der Waals surface area contributed by atoms with Crippen LogP contribution in [0.4, 0.5) is 5.69 Å². The molecule has 5 nitrogen and oxygen atoms in total. The highest BCUT2D eigenvalue weighted by molar-refractivity contribution is 5.82. The number of nitro benzene ring substituents is 1. The molecule has 0 N–H and O–H groups in total. The van der Waals surface area contributed by atoms with Gasteiger partial charge in [0.2, 0.25) is 0 Å². The molecule has 18 heavy (non-hydrogen) atoms. The molecule has 0 saturated heterocycles. The van der Waals surface area contributed by atoms with Crippen molar-refractivity contribution in [2.75, 3.05) is 6.61 Å². The number of Topliss-reactive ketones (excluding diaryl/α,β-unsaturated/α-hetero) is 1. The normalized spacial score (nSPS) is 10.4. The Morgan fingerprint density at radius 2 is 2.11 bits per heavy atom. The second-order valence-electron chi connectivity index (χ2n) is 4.29. The SMILES string of the molecule is CCOc1cc(CC(=O)C(C)C)ccc1[N+](=O)[O-]. The van der Waals surface area contributed by atoms with Crippen molar-refractivity contribution in [1.29, 1.82) is 0 Å². The van der Waals surface area contributed by atoms with Gasteiger partial charge in [0.25, 0.3) is 0 Å². The van der Waals surface area contributed by atoms with Crippen molar-refractivity contribution in [3.05, 3.63) is 33.9 Å². The molecule has 0 aliphatic rings. The van der Waals surface area contributed by atoms with Crippen LogP contribution in [0.25, 0.3) is 0 Å². The van der Waals surface area contributed by atoms with E-state index in [1.165, 1.54) is 6.07 Å². The summed E-state index contributed by atoms with van der Waals surface area (Å²) < 4.78 is 5.23. The molecule has 0 aliphatic carbocycles. The monoisotopic (exact) mass is 251 g/mol. The number of hydrogen-bond donors (Lipinski definition) is 0. The quantitative estimate of drug-likeness (QED) is 0.575. The van der Waals surface area contributed by atoms with Crippen LogP contribution in [0.5, 0.6) is 5.75 Å². The number of ether oxygens (including phenoxy) is 1. The van der Waals surface area contributed by atoms with Gasteiger partial charge in [0.1, 0.15) is 5.78 Å². The van der Waals surface area contributed by atoms with Crippen molar-refractivity contribution in [2.24, 2.45) is 5.92 Å². The Labute approximate surface area is 106 Å². The molecule has 1 aromatic rings. The van der Waals surface area contributed by atoms with E-state index in [1.54, 1.807) is 19.1 Å². The summed E-state index contributed by atoms with van der Waals surface area (Å²) in [6.45, 7) is 5.77. The van der Waals surface area contributed by atoms with E-state index < -0.39 is 4.92 Å². The van der Waals surface area contributed by atoms with Gasteiger partial charge in [-0.25, -0.2) is 0 Å². The van der Waals surface area contributed by atoms with E-state index >= 15 is 0 Å². The molecular weight excluding hydrogens is 234 g/mol. The molecule has 0 radical (unpaired) electrons. The minimum Gasteiger partial charge on any atom is -0.487 e. The number of ketones is 1. The fourth-order valence-corrected chi connectivity index (χ4v) is 1.50. The summed E-state index contributed by atoms with van der Waals surface area (Å²) in [5.74, 6) is 0.276. The third-order valence-electron chi connectivity index (χ3n) is 2.54. The third-order valence-corrected chi connectivity index (χ3v) is 2.54. The van der Waals surface area contributed by atoms with Crippen molar-refractivity contribution in [2.45, 2.75) is 27.2 Å². The van der Waals surface area contributed by atoms with Crippen LogP contribution in [0.3, 0.4) is 0 Å². The summed E-state index contributed by atoms with van der Waals surface area (Å²) in [7, 11) is 0. The average Bonchev–Trinajstić information content (AvgIpc) is 2.29. The van der Waals surface area contributed by atoms with Crippen LogP contribution < -0.4 is 4.74 Å². The molecule has 1 aromatic carbocycles. The zero-order chi connectivity index (χ0) is 13.7. The van der Waals surface area contributed by atoms with Crippen molar-refractivity contribution in [1.82, 2.24) is 0 Å². The summed E-state index contributed by atoms with van der Waals surface area (Å²) in [5, 5.41) is 10.8. The first-order chi connectivity index (χ1) is 8.45. The molecule has 0 spiro atoms. The number of benzene rings is 1. The van der Waals surface area contributed by atoms with E-state index in [4.69, 9.17) is 4.74 Å². The van der Waals surface area contributed by atoms with Gasteiger partial charge >= 0.3 is 5.69 Å². The largest absolute Gasteiger partial charge is 0.487 e. The molecule has 0 bridgehead atoms. The van der Waals surface area contributed by atoms with Crippen LogP contribution in [0, 0.1) is 16.0 Å². The molecule has 0 aromatic heterocycles. The van der Waals surface area contributed by atoms with Crippen LogP contribution in [-0.2, 0) is 11.2 Å². The van der Waals surface area contributed by atoms with Gasteiger partial charge in [-0.2, -0.15) is 0 Å². The van der Waals surface area contributed by atoms with Gasteiger partial charge < -0.3 is 4.74 Å². The minimum atomic E-state index is -0.487. The maximum Gasteiger partial charge on any atom is 0.310 e. The first-order valence-corrected chi connectivity index (χ1v) is 5.88. The molecule has 0 unspecified atom stereocenters. The van der Waals surface area contributed by atoms with Gasteiger partial charge in [0, 0.05) is 18.4 Å². The van der Waals surface area contributed by atoms with Crippen LogP contribution in [0.2, 0.25) is 0 Å². The standard InChI is InChI=1S/C13H17NO4/c1-4-18-13-8-10(7-12(15)9(2)3)5-6-11(13)14(16)17/h5-6,8-9H,4,7H2,1-3H3. The van der Waals surface area contributed by atoms with Gasteiger partial charge in [-0.05, 0) is 18.6 Å². The lowest BCUT2D eigenvalue weighted by atomic mass is 10.0. The van der Waals surface area contributed by atoms with E-state index in [-0.39, 0.29) is 29.6 Å². The van der Waals surface area contributed by atoms with Crippen molar-refractivity contribution in [3.63, 3.8) is 0 Å². The lowest BCUT2D eigenvalue weighted by Gasteiger charge is -2.08. The van der Waals surface area contributed by atoms with Crippen molar-refractivity contribution in [3.8, 4) is 5.75 Å². The van der Waals surface area contributed by atoms with Crippen LogP contribution >= 0.6 is 0 Å². The number of nitro groups is 1. The molecule has 0 heterocycles. The smallest absolute Gasteiger partial charge is 0.310 e. The Bertz CT molecular complexity index is 454. The van der Waals surface area contributed by atoms with E-state index in [2.05, 4.69) is 0 Å². The van der Waals surface area contributed by atoms with Gasteiger partial charge in [-0.1, -0.05) is 19.9 Å². The Morgan fingerprint density at radius 3 is 2.61 bits per heavy atom. The number of nitrogens with zero attached hydrogens (tertiary/aromatic N) is 1. The number of carbonyl (C=O) groups is 1. The van der Waals surface area contributed by atoms with E-state index in [9.17, 15) is 14.9 Å². The molecule has 0 aliphatic heterocycles. The highest BCUT2D eigenvalue weighted by Crippen LogP contribution is 2.28. The van der Waals surface area contributed by atoms with Crippen molar-refractivity contribution < 1.29 is 14.5 Å². The number of rotatable bonds is 6. The van der Waals surface area contributed by atoms with Gasteiger partial charge in [-0.3, -0.25) is 14.9 Å². The average molecular weight is 251 g/mol. The van der Waals surface area contributed by atoms with Crippen LogP contribution in [0.1, 0.15) is 26.3 Å². The van der Waals surface area contributed by atoms with Crippen LogP contribution in [0.15, 0.2) is 18.2 Å². The summed E-state index contributed by atoms with van der Waals surface area (Å²) in [5.41, 5.74) is 0.667. The third kappa shape index (κ3) is 3.55. The fourth-order valence-electron chi connectivity index (χ4n) is 1.50. The number of carbonyl (C=O) groups excluding carboxylic acids is 1. The molecule has 1 rings (SSSR count). The molecule has 5 heteroatoms. The number of hydrogen-bond acceptors (Lipinski definition) is 4. The maximum absolute atomic E-state index is 11.6. The minimum absolute atomic E-state index is 0.0456. The topological polar surface area (TPSA) is 69.4 Å². The second-order valence-corrected chi connectivity index (χ2v) is 4.29. The Balaban J connectivity index is 2.99. The molecule has 0 fully saturated rings. The Morgan fingerprint density at radius 1 is 1.44 bits per heavy atom. The molecule has 98 valence electrons. The summed E-state index contributed by atoms with van der Waals surface area (Å²) in [6.07, 6.45) is 0.274. The van der Waals surface area contributed by atoms with Gasteiger partial charge in [-0.15, -0.1) is 0 Å². The fraction of sp³-hybridized carbons (Fsp3) is 0.462. The summed E-state index contributed by atoms with van der Waals surface area (Å²) >= 11 is 0. The molecule has 0 atom stereocenters. The first kappa shape index (κ1) is 14.2. The molecule has 0 amide bonds. The predicted molar refractivity (Wildman–Crippen MR) is 67.8 cm³/mol. The van der Waals surface area contributed by atoms with Gasteiger partial charge in [0.05, 0.1) is 11.5 Å². The summed E-state index contributed by atoms with van der Waals surface area (Å²) in [4.78, 5) is 21.9. The highest BCUT2D eigenvalue weighted by atomic mass is 16.6. The first-order valence-electron chi connectivity index (χ1n) is 5.88. The predicted octanol–water partition coefficient (Wildman–Crippen LogP) is 2.76. The Hall–Kier alpha value is -1.91. The lowest BCUT2D eigenvalue weighted by molar-refractivity contribution is -0.385. The van der Waals surface area contributed by atoms with Crippen LogP contribution in [-0.4, -0.2) is 17.3 Å². The molecule has 0 saturated carbocycles. The zero-order valence-corrected chi connectivity index (χ0v) is 10.8. The van der Waals surface area contributed by atoms with E-state index in [1.807, 2.05) is 13.8 Å². The van der Waals surface area contributed by atoms with E-state index in [0.29, 0.717) is 6.61 Å². The maximum atomic E-state index is 11.6. The van der Waals surface area contributed by atoms with Gasteiger partial charge in [0.15, 0.2) is 5.75 Å². The zero-order valence-electron chi connectivity index (χ0n) is 10.8. The van der Waals surface area contributed by atoms with Crippen molar-refractivity contribution >= 4 is 11.5 Å². The molecular formula is C13H17NO4. The second kappa shape index (κ2) is 6.14. The summed E-state index contributed by atoms with van der Waals surface area (Å²) in [6, 6.07) is 4.55.